The molecule has 7 heteroatoms. The van der Waals surface area contributed by atoms with Crippen molar-refractivity contribution in [1.29, 1.82) is 0 Å². The van der Waals surface area contributed by atoms with Crippen LogP contribution in [0.4, 0.5) is 13.6 Å². The number of amides is 2. The lowest BCUT2D eigenvalue weighted by atomic mass is 9.84. The Bertz CT molecular complexity index is 380. The second-order valence-corrected chi connectivity index (χ2v) is 5.87. The first kappa shape index (κ1) is 16.0. The highest BCUT2D eigenvalue weighted by atomic mass is 19.3. The van der Waals surface area contributed by atoms with E-state index in [0.717, 1.165) is 19.3 Å². The molecule has 0 unspecified atom stereocenters. The van der Waals surface area contributed by atoms with Crippen molar-refractivity contribution < 1.29 is 23.1 Å². The molecule has 5 nitrogen and oxygen atoms in total. The second-order valence-electron chi connectivity index (χ2n) is 5.87. The van der Waals surface area contributed by atoms with Crippen LogP contribution in [-0.2, 0) is 9.53 Å². The van der Waals surface area contributed by atoms with E-state index >= 15 is 0 Å². The molecule has 2 N–H and O–H groups in total. The van der Waals surface area contributed by atoms with Crippen molar-refractivity contribution in [3.63, 3.8) is 0 Å². The highest BCUT2D eigenvalue weighted by molar-refractivity contribution is 5.90. The molecule has 2 amide bonds. The number of rotatable bonds is 6. The highest BCUT2D eigenvalue weighted by Crippen LogP contribution is 2.37. The fourth-order valence-electron chi connectivity index (χ4n) is 2.68. The van der Waals surface area contributed by atoms with Crippen LogP contribution in [0.5, 0.6) is 0 Å². The van der Waals surface area contributed by atoms with Gasteiger partial charge in [-0.1, -0.05) is 6.42 Å². The molecule has 21 heavy (non-hydrogen) atoms. The number of halogens is 2. The number of carbonyl (C=O) groups is 2. The number of unbranched alkanes of at least 4 members (excludes halogenated alkanes) is 1. The van der Waals surface area contributed by atoms with Gasteiger partial charge in [0, 0.05) is 19.4 Å². The fraction of sp³-hybridized carbons (Fsp3) is 0.857. The van der Waals surface area contributed by atoms with Gasteiger partial charge in [0.25, 0.3) is 0 Å². The molecule has 1 saturated heterocycles. The van der Waals surface area contributed by atoms with Crippen molar-refractivity contribution >= 4 is 12.0 Å². The normalized spacial score (nSPS) is 24.9. The number of ether oxygens (including phenoxy) is 1. The van der Waals surface area contributed by atoms with E-state index in [4.69, 9.17) is 4.74 Å². The molecule has 1 saturated carbocycles. The Hall–Kier alpha value is -1.40. The summed E-state index contributed by atoms with van der Waals surface area (Å²) in [5, 5.41) is 4.98. The van der Waals surface area contributed by atoms with Crippen molar-refractivity contribution in [2.75, 3.05) is 13.2 Å². The minimum atomic E-state index is -2.47. The zero-order valence-electron chi connectivity index (χ0n) is 12.0. The Morgan fingerprint density at radius 2 is 2.05 bits per heavy atom. The first-order valence-corrected chi connectivity index (χ1v) is 7.55. The van der Waals surface area contributed by atoms with Crippen LogP contribution in [0.3, 0.4) is 0 Å². The molecule has 120 valence electrons. The largest absolute Gasteiger partial charge is 0.450 e. The van der Waals surface area contributed by atoms with Crippen LogP contribution in [-0.4, -0.2) is 37.1 Å². The van der Waals surface area contributed by atoms with E-state index in [2.05, 4.69) is 10.6 Å². The van der Waals surface area contributed by atoms with Gasteiger partial charge in [0.2, 0.25) is 11.8 Å². The summed E-state index contributed by atoms with van der Waals surface area (Å²) < 4.78 is 30.9. The van der Waals surface area contributed by atoms with Crippen LogP contribution in [0.1, 0.15) is 44.9 Å². The van der Waals surface area contributed by atoms with Crippen LogP contribution >= 0.6 is 0 Å². The number of alkyl halides is 2. The maximum atomic E-state index is 13.0. The van der Waals surface area contributed by atoms with E-state index in [9.17, 15) is 18.4 Å². The second kappa shape index (κ2) is 7.04. The average molecular weight is 304 g/mol. The SMILES string of the molecule is O=C(N[C@H]1CNC1=O)OCCCCC1CCC(F)(F)CC1. The van der Waals surface area contributed by atoms with Gasteiger partial charge in [0.15, 0.2) is 0 Å². The zero-order chi connectivity index (χ0) is 15.3. The maximum Gasteiger partial charge on any atom is 0.407 e. The maximum absolute atomic E-state index is 13.0. The van der Waals surface area contributed by atoms with Crippen LogP contribution in [0.2, 0.25) is 0 Å². The molecule has 0 aromatic heterocycles. The molecule has 1 atom stereocenters. The third kappa shape index (κ3) is 5.13. The lowest BCUT2D eigenvalue weighted by Gasteiger charge is -2.28. The summed E-state index contributed by atoms with van der Waals surface area (Å²) in [6.45, 7) is 0.739. The molecule has 0 aromatic rings. The molecule has 2 fully saturated rings. The van der Waals surface area contributed by atoms with E-state index < -0.39 is 18.1 Å². The summed E-state index contributed by atoms with van der Waals surface area (Å²) in [6.07, 6.45) is 3.10. The molecular weight excluding hydrogens is 282 g/mol. The van der Waals surface area contributed by atoms with Gasteiger partial charge in [-0.3, -0.25) is 4.79 Å². The van der Waals surface area contributed by atoms with E-state index in [1.807, 2.05) is 0 Å². The monoisotopic (exact) mass is 304 g/mol. The Morgan fingerprint density at radius 1 is 1.33 bits per heavy atom. The van der Waals surface area contributed by atoms with Gasteiger partial charge in [-0.2, -0.15) is 0 Å². The first-order chi connectivity index (χ1) is 9.96. The smallest absolute Gasteiger partial charge is 0.407 e. The zero-order valence-corrected chi connectivity index (χ0v) is 12.0. The summed E-state index contributed by atoms with van der Waals surface area (Å²) in [5.41, 5.74) is 0. The van der Waals surface area contributed by atoms with Crippen LogP contribution in [0.25, 0.3) is 0 Å². The van der Waals surface area contributed by atoms with Gasteiger partial charge >= 0.3 is 6.09 Å². The van der Waals surface area contributed by atoms with Gasteiger partial charge in [-0.15, -0.1) is 0 Å². The quantitative estimate of drug-likeness (QED) is 0.584. The number of β-lactam (4-membered cyclic amide) rings is 1. The number of carbonyl (C=O) groups excluding carboxylic acids is 2. The lowest BCUT2D eigenvalue weighted by Crippen LogP contribution is -2.61. The predicted molar refractivity (Wildman–Crippen MR) is 72.0 cm³/mol. The molecule has 1 heterocycles. The molecule has 0 aromatic carbocycles. The third-order valence-corrected chi connectivity index (χ3v) is 4.17. The topological polar surface area (TPSA) is 67.4 Å². The molecular formula is C14H22F2N2O3. The molecule has 0 radical (unpaired) electrons. The Kier molecular flexibility index (Phi) is 5.36. The van der Waals surface area contributed by atoms with Gasteiger partial charge in [0.05, 0.1) is 6.61 Å². The predicted octanol–water partition coefficient (Wildman–Crippen LogP) is 2.21. The van der Waals surface area contributed by atoms with Gasteiger partial charge in [-0.05, 0) is 31.6 Å². The average Bonchev–Trinajstić information content (AvgIpc) is 2.44. The summed E-state index contributed by atoms with van der Waals surface area (Å²) >= 11 is 0. The Morgan fingerprint density at radius 3 is 2.62 bits per heavy atom. The van der Waals surface area contributed by atoms with Crippen molar-refractivity contribution in [3.05, 3.63) is 0 Å². The summed E-state index contributed by atoms with van der Waals surface area (Å²) in [5.74, 6) is -2.29. The first-order valence-electron chi connectivity index (χ1n) is 7.55. The van der Waals surface area contributed by atoms with E-state index in [0.29, 0.717) is 31.9 Å². The molecule has 0 spiro atoms. The minimum absolute atomic E-state index is 0.0000249. The number of alkyl carbamates (subject to hydrolysis) is 1. The van der Waals surface area contributed by atoms with Crippen molar-refractivity contribution in [2.45, 2.75) is 56.9 Å². The molecule has 2 aliphatic rings. The summed E-state index contributed by atoms with van der Waals surface area (Å²) in [6, 6.07) is -0.471. The third-order valence-electron chi connectivity index (χ3n) is 4.17. The van der Waals surface area contributed by atoms with E-state index in [1.54, 1.807) is 0 Å². The summed E-state index contributed by atoms with van der Waals surface area (Å²) in [4.78, 5) is 22.3. The number of hydrogen-bond acceptors (Lipinski definition) is 3. The minimum Gasteiger partial charge on any atom is -0.450 e. The number of hydrogen-bond donors (Lipinski definition) is 2. The van der Waals surface area contributed by atoms with Crippen molar-refractivity contribution in [2.24, 2.45) is 5.92 Å². The van der Waals surface area contributed by atoms with Gasteiger partial charge < -0.3 is 15.4 Å². The standard InChI is InChI=1S/C14H22F2N2O3/c15-14(16)6-4-10(5-7-14)3-1-2-8-21-13(20)18-11-9-17-12(11)19/h10-11H,1-9H2,(H,17,19)(H,18,20)/t11-/m0/s1. The lowest BCUT2D eigenvalue weighted by molar-refractivity contribution is -0.128. The molecule has 1 aliphatic heterocycles. The van der Waals surface area contributed by atoms with E-state index in [1.165, 1.54) is 0 Å². The van der Waals surface area contributed by atoms with E-state index in [-0.39, 0.29) is 18.7 Å². The Balaban J connectivity index is 1.46. The summed E-state index contributed by atoms with van der Waals surface area (Å²) in [7, 11) is 0. The number of nitrogens with one attached hydrogen (secondary N) is 2. The van der Waals surface area contributed by atoms with Crippen LogP contribution in [0.15, 0.2) is 0 Å². The van der Waals surface area contributed by atoms with Crippen molar-refractivity contribution in [3.8, 4) is 0 Å². The molecule has 1 aliphatic carbocycles. The fourth-order valence-corrected chi connectivity index (χ4v) is 2.68. The van der Waals surface area contributed by atoms with Gasteiger partial charge in [-0.25, -0.2) is 13.6 Å². The van der Waals surface area contributed by atoms with Crippen LogP contribution in [0, 0.1) is 5.92 Å². The highest BCUT2D eigenvalue weighted by Gasteiger charge is 2.34. The molecule has 0 bridgehead atoms. The van der Waals surface area contributed by atoms with Gasteiger partial charge in [0.1, 0.15) is 6.04 Å². The molecule has 2 rings (SSSR count). The van der Waals surface area contributed by atoms with Crippen molar-refractivity contribution in [1.82, 2.24) is 10.6 Å². The Labute approximate surface area is 122 Å². The van der Waals surface area contributed by atoms with Crippen LogP contribution < -0.4 is 10.6 Å².